The molecule has 1 aromatic heterocycles. The number of nitrogens with one attached hydrogen (secondary N) is 1. The van der Waals surface area contributed by atoms with Crippen LogP contribution in [0, 0.1) is 18.8 Å². The van der Waals surface area contributed by atoms with Crippen molar-refractivity contribution in [3.8, 4) is 0 Å². The van der Waals surface area contributed by atoms with Gasteiger partial charge in [0.05, 0.1) is 11.6 Å². The maximum Gasteiger partial charge on any atom is 0.150 e. The van der Waals surface area contributed by atoms with Crippen molar-refractivity contribution < 1.29 is 4.79 Å². The lowest BCUT2D eigenvalue weighted by atomic mass is 9.85. The van der Waals surface area contributed by atoms with Gasteiger partial charge < -0.3 is 10.2 Å². The molecule has 4 heteroatoms. The van der Waals surface area contributed by atoms with Crippen LogP contribution in [-0.4, -0.2) is 36.4 Å². The summed E-state index contributed by atoms with van der Waals surface area (Å²) >= 11 is 0. The molecule has 2 aliphatic heterocycles. The topological polar surface area (TPSA) is 45.2 Å². The number of hydrogen-bond acceptors (Lipinski definition) is 4. The summed E-state index contributed by atoms with van der Waals surface area (Å²) in [6, 6.07) is 8.70. The Morgan fingerprint density at radius 2 is 2.19 bits per heavy atom. The number of hydrogen-bond donors (Lipinski definition) is 1. The Morgan fingerprint density at radius 3 is 3.00 bits per heavy atom. The maximum atomic E-state index is 12.6. The smallest absolute Gasteiger partial charge is 0.150 e. The number of piperidine rings is 1. The minimum Gasteiger partial charge on any atom is -0.370 e. The number of aryl methyl sites for hydroxylation is 1. The molecule has 1 N–H and O–H groups in total. The third-order valence-electron chi connectivity index (χ3n) is 5.97. The number of ketones is 1. The zero-order valence-corrected chi connectivity index (χ0v) is 15.9. The van der Waals surface area contributed by atoms with E-state index in [1.165, 1.54) is 16.6 Å². The van der Waals surface area contributed by atoms with Crippen molar-refractivity contribution in [1.82, 2.24) is 10.3 Å². The molecule has 3 heterocycles. The first-order chi connectivity index (χ1) is 12.6. The molecule has 4 nitrogen and oxygen atoms in total. The number of aromatic nitrogens is 1. The summed E-state index contributed by atoms with van der Waals surface area (Å²) in [6.07, 6.45) is 5.87. The normalized spacial score (nSPS) is 26.4. The van der Waals surface area contributed by atoms with Crippen LogP contribution in [-0.2, 0) is 4.79 Å². The molecule has 0 unspecified atom stereocenters. The SMILES string of the molecule is Cc1ccc(N2C[C@@H](C)C[C@@H](CC(=O)[C@@H]3CCCN3)C2)c2cccnc12. The Hall–Kier alpha value is -1.94. The minimum absolute atomic E-state index is 0.102. The summed E-state index contributed by atoms with van der Waals surface area (Å²) in [5.41, 5.74) is 3.57. The summed E-state index contributed by atoms with van der Waals surface area (Å²) in [6.45, 7) is 7.45. The number of carbonyl (C=O) groups excluding carboxylic acids is 1. The van der Waals surface area contributed by atoms with E-state index >= 15 is 0 Å². The molecule has 138 valence electrons. The van der Waals surface area contributed by atoms with Gasteiger partial charge >= 0.3 is 0 Å². The first-order valence-corrected chi connectivity index (χ1v) is 9.97. The molecule has 2 aliphatic rings. The van der Waals surface area contributed by atoms with Gasteiger partial charge in [-0.2, -0.15) is 0 Å². The molecule has 0 saturated carbocycles. The van der Waals surface area contributed by atoms with Crippen LogP contribution in [0.2, 0.25) is 0 Å². The van der Waals surface area contributed by atoms with Crippen molar-refractivity contribution in [1.29, 1.82) is 0 Å². The van der Waals surface area contributed by atoms with Gasteiger partial charge in [-0.05, 0) is 68.3 Å². The Labute approximate surface area is 156 Å². The molecule has 3 atom stereocenters. The van der Waals surface area contributed by atoms with E-state index in [-0.39, 0.29) is 6.04 Å². The van der Waals surface area contributed by atoms with Gasteiger partial charge in [0.25, 0.3) is 0 Å². The molecule has 0 bridgehead atoms. The fourth-order valence-electron chi connectivity index (χ4n) is 4.79. The summed E-state index contributed by atoms with van der Waals surface area (Å²) < 4.78 is 0. The first kappa shape index (κ1) is 17.5. The van der Waals surface area contributed by atoms with Crippen LogP contribution in [0.1, 0.15) is 38.2 Å². The molecular formula is C22H29N3O. The predicted octanol–water partition coefficient (Wildman–Crippen LogP) is 3.72. The van der Waals surface area contributed by atoms with Crippen molar-refractivity contribution in [2.24, 2.45) is 11.8 Å². The summed E-state index contributed by atoms with van der Waals surface area (Å²) in [7, 11) is 0. The second-order valence-corrected chi connectivity index (χ2v) is 8.23. The van der Waals surface area contributed by atoms with Gasteiger partial charge in [0.2, 0.25) is 0 Å². The van der Waals surface area contributed by atoms with E-state index in [9.17, 15) is 4.79 Å². The average Bonchev–Trinajstić information content (AvgIpc) is 3.16. The Bertz CT molecular complexity index is 797. The van der Waals surface area contributed by atoms with E-state index in [2.05, 4.69) is 47.2 Å². The number of rotatable bonds is 4. The molecule has 0 radical (unpaired) electrons. The highest BCUT2D eigenvalue weighted by molar-refractivity contribution is 5.93. The zero-order valence-electron chi connectivity index (χ0n) is 15.9. The number of nitrogens with zero attached hydrogens (tertiary/aromatic N) is 2. The van der Waals surface area contributed by atoms with Crippen molar-refractivity contribution in [3.05, 3.63) is 36.0 Å². The monoisotopic (exact) mass is 351 g/mol. The quantitative estimate of drug-likeness (QED) is 0.912. The van der Waals surface area contributed by atoms with Gasteiger partial charge in [0.1, 0.15) is 5.78 Å². The van der Waals surface area contributed by atoms with E-state index in [0.717, 1.165) is 44.4 Å². The summed E-state index contributed by atoms with van der Waals surface area (Å²) in [4.78, 5) is 19.7. The fraction of sp³-hybridized carbons (Fsp3) is 0.545. The average molecular weight is 351 g/mol. The van der Waals surface area contributed by atoms with E-state index < -0.39 is 0 Å². The van der Waals surface area contributed by atoms with Gasteiger partial charge in [0.15, 0.2) is 0 Å². The standard InChI is InChI=1S/C22H29N3O/c1-15-11-17(12-21(26)19-6-4-9-23-19)14-25(13-15)20-8-7-16(2)22-18(20)5-3-10-24-22/h3,5,7-8,10,15,17,19,23H,4,6,9,11-14H2,1-2H3/t15-,17-,19-/m0/s1. The minimum atomic E-state index is 0.102. The van der Waals surface area contributed by atoms with Crippen molar-refractivity contribution >= 4 is 22.4 Å². The van der Waals surface area contributed by atoms with Crippen molar-refractivity contribution in [2.45, 2.75) is 45.6 Å². The van der Waals surface area contributed by atoms with Crippen LogP contribution < -0.4 is 10.2 Å². The highest BCUT2D eigenvalue weighted by atomic mass is 16.1. The highest BCUT2D eigenvalue weighted by Crippen LogP contribution is 2.34. The summed E-state index contributed by atoms with van der Waals surface area (Å²) in [5, 5.41) is 4.59. The predicted molar refractivity (Wildman–Crippen MR) is 107 cm³/mol. The third kappa shape index (κ3) is 3.48. The molecule has 0 spiro atoms. The lowest BCUT2D eigenvalue weighted by molar-refractivity contribution is -0.121. The van der Waals surface area contributed by atoms with E-state index in [1.807, 2.05) is 12.3 Å². The van der Waals surface area contributed by atoms with E-state index in [4.69, 9.17) is 0 Å². The molecule has 0 aliphatic carbocycles. The van der Waals surface area contributed by atoms with Crippen molar-refractivity contribution in [2.75, 3.05) is 24.5 Å². The Balaban J connectivity index is 1.55. The van der Waals surface area contributed by atoms with Gasteiger partial charge in [-0.3, -0.25) is 9.78 Å². The molecule has 2 saturated heterocycles. The van der Waals surface area contributed by atoms with Crippen molar-refractivity contribution in [3.63, 3.8) is 0 Å². The third-order valence-corrected chi connectivity index (χ3v) is 5.97. The molecule has 0 amide bonds. The summed E-state index contributed by atoms with van der Waals surface area (Å²) in [5.74, 6) is 1.46. The number of benzene rings is 1. The van der Waals surface area contributed by atoms with Crippen LogP contribution in [0.15, 0.2) is 30.5 Å². The Kier molecular flexibility index (Phi) is 4.94. The second kappa shape index (κ2) is 7.36. The van der Waals surface area contributed by atoms with Crippen LogP contribution >= 0.6 is 0 Å². The van der Waals surface area contributed by atoms with Crippen LogP contribution in [0.3, 0.4) is 0 Å². The van der Waals surface area contributed by atoms with Crippen LogP contribution in [0.5, 0.6) is 0 Å². The molecule has 1 aromatic carbocycles. The van der Waals surface area contributed by atoms with Gasteiger partial charge in [-0.15, -0.1) is 0 Å². The molecular weight excluding hydrogens is 322 g/mol. The molecule has 26 heavy (non-hydrogen) atoms. The van der Waals surface area contributed by atoms with Crippen LogP contribution in [0.25, 0.3) is 10.9 Å². The largest absolute Gasteiger partial charge is 0.370 e. The lowest BCUT2D eigenvalue weighted by Crippen LogP contribution is -2.42. The van der Waals surface area contributed by atoms with E-state index in [1.54, 1.807) is 0 Å². The van der Waals surface area contributed by atoms with Gasteiger partial charge in [0, 0.05) is 36.8 Å². The molecule has 2 fully saturated rings. The number of pyridine rings is 1. The van der Waals surface area contributed by atoms with E-state index in [0.29, 0.717) is 24.0 Å². The van der Waals surface area contributed by atoms with Gasteiger partial charge in [-0.25, -0.2) is 0 Å². The maximum absolute atomic E-state index is 12.6. The number of carbonyl (C=O) groups is 1. The first-order valence-electron chi connectivity index (χ1n) is 9.97. The Morgan fingerprint density at radius 1 is 1.31 bits per heavy atom. The number of fused-ring (bicyclic) bond motifs is 1. The number of Topliss-reactive ketones (excluding diaryl/α,β-unsaturated/α-hetero) is 1. The zero-order chi connectivity index (χ0) is 18.1. The number of anilines is 1. The molecule has 4 rings (SSSR count). The van der Waals surface area contributed by atoms with Crippen LogP contribution in [0.4, 0.5) is 5.69 Å². The molecule has 2 aromatic rings. The fourth-order valence-corrected chi connectivity index (χ4v) is 4.79. The highest BCUT2D eigenvalue weighted by Gasteiger charge is 2.30. The lowest BCUT2D eigenvalue weighted by Gasteiger charge is -2.38. The van der Waals surface area contributed by atoms with Gasteiger partial charge in [-0.1, -0.05) is 13.0 Å². The second-order valence-electron chi connectivity index (χ2n) is 8.23.